The molecule has 20 heavy (non-hydrogen) atoms. The highest BCUT2D eigenvalue weighted by atomic mass is 16.1. The molecule has 0 radical (unpaired) electrons. The molecule has 0 aliphatic carbocycles. The lowest BCUT2D eigenvalue weighted by atomic mass is 10.1. The average molecular weight is 270 g/mol. The van der Waals surface area contributed by atoms with Gasteiger partial charge in [0.2, 0.25) is 0 Å². The molecule has 5 nitrogen and oxygen atoms in total. The van der Waals surface area contributed by atoms with Gasteiger partial charge in [-0.1, -0.05) is 25.1 Å². The molecule has 0 spiro atoms. The molecule has 2 unspecified atom stereocenters. The van der Waals surface area contributed by atoms with Gasteiger partial charge in [-0.05, 0) is 18.1 Å². The Kier molecular flexibility index (Phi) is 3.06. The molecule has 1 aliphatic heterocycles. The number of fused-ring (bicyclic) bond motifs is 1. The number of pyridine rings is 1. The molecule has 1 aliphatic rings. The summed E-state index contributed by atoms with van der Waals surface area (Å²) < 4.78 is 0. The van der Waals surface area contributed by atoms with Gasteiger partial charge < -0.3 is 16.4 Å². The minimum Gasteiger partial charge on any atom is -0.365 e. The van der Waals surface area contributed by atoms with Gasteiger partial charge in [0.05, 0.1) is 11.1 Å². The van der Waals surface area contributed by atoms with Crippen LogP contribution in [-0.4, -0.2) is 30.0 Å². The third-order valence-electron chi connectivity index (χ3n) is 3.94. The first-order valence-electron chi connectivity index (χ1n) is 6.76. The maximum atomic E-state index is 11.7. The largest absolute Gasteiger partial charge is 0.365 e. The fourth-order valence-electron chi connectivity index (χ4n) is 2.69. The van der Waals surface area contributed by atoms with Gasteiger partial charge in [0, 0.05) is 24.5 Å². The smallest absolute Gasteiger partial charge is 0.252 e. The predicted molar refractivity (Wildman–Crippen MR) is 79.6 cm³/mol. The van der Waals surface area contributed by atoms with E-state index in [2.05, 4.69) is 16.8 Å². The fourth-order valence-corrected chi connectivity index (χ4v) is 2.69. The highest BCUT2D eigenvalue weighted by molar-refractivity contribution is 6.01. The van der Waals surface area contributed by atoms with Crippen molar-refractivity contribution < 1.29 is 4.79 Å². The van der Waals surface area contributed by atoms with Crippen LogP contribution in [0.25, 0.3) is 10.9 Å². The van der Waals surface area contributed by atoms with Crippen LogP contribution in [0.3, 0.4) is 0 Å². The minimum absolute atomic E-state index is 0.101. The number of nitrogens with two attached hydrogens (primary N) is 2. The van der Waals surface area contributed by atoms with Gasteiger partial charge in [0.25, 0.3) is 5.91 Å². The van der Waals surface area contributed by atoms with Gasteiger partial charge in [0.1, 0.15) is 5.82 Å². The van der Waals surface area contributed by atoms with E-state index >= 15 is 0 Å². The number of nitrogens with zero attached hydrogens (tertiary/aromatic N) is 2. The maximum Gasteiger partial charge on any atom is 0.252 e. The molecule has 2 heterocycles. The quantitative estimate of drug-likeness (QED) is 0.856. The van der Waals surface area contributed by atoms with Gasteiger partial charge >= 0.3 is 0 Å². The van der Waals surface area contributed by atoms with E-state index in [1.807, 2.05) is 30.3 Å². The standard InChI is InChI=1S/C15H18N4O/c1-9-7-19(8-12(9)16)15-11(14(17)20)6-10-4-2-3-5-13(10)18-15/h2-6,9,12H,7-8,16H2,1H3,(H2,17,20). The molecular formula is C15H18N4O. The number of primary amides is 1. The number of para-hydroxylation sites is 1. The topological polar surface area (TPSA) is 85.2 Å². The van der Waals surface area contributed by atoms with Gasteiger partial charge in [-0.2, -0.15) is 0 Å². The van der Waals surface area contributed by atoms with Crippen LogP contribution in [0.1, 0.15) is 17.3 Å². The summed E-state index contributed by atoms with van der Waals surface area (Å²) in [5, 5.41) is 0.918. The first-order valence-corrected chi connectivity index (χ1v) is 6.76. The van der Waals surface area contributed by atoms with Crippen LogP contribution >= 0.6 is 0 Å². The van der Waals surface area contributed by atoms with E-state index in [0.29, 0.717) is 23.8 Å². The average Bonchev–Trinajstić information content (AvgIpc) is 2.77. The highest BCUT2D eigenvalue weighted by Gasteiger charge is 2.29. The molecule has 2 atom stereocenters. The summed E-state index contributed by atoms with van der Waals surface area (Å²) >= 11 is 0. The van der Waals surface area contributed by atoms with Crippen molar-refractivity contribution in [1.29, 1.82) is 0 Å². The van der Waals surface area contributed by atoms with Crippen molar-refractivity contribution in [2.75, 3.05) is 18.0 Å². The summed E-state index contributed by atoms with van der Waals surface area (Å²) in [6.07, 6.45) is 0. The molecule has 0 bridgehead atoms. The van der Waals surface area contributed by atoms with Crippen LogP contribution in [0.2, 0.25) is 0 Å². The number of carbonyl (C=O) groups is 1. The lowest BCUT2D eigenvalue weighted by molar-refractivity contribution is 0.100. The maximum absolute atomic E-state index is 11.7. The third-order valence-corrected chi connectivity index (χ3v) is 3.94. The molecule has 104 valence electrons. The lowest BCUT2D eigenvalue weighted by Gasteiger charge is -2.20. The number of aromatic nitrogens is 1. The summed E-state index contributed by atoms with van der Waals surface area (Å²) in [6, 6.07) is 9.63. The number of amides is 1. The molecule has 1 aromatic carbocycles. The van der Waals surface area contributed by atoms with Crippen LogP contribution in [-0.2, 0) is 0 Å². The Morgan fingerprint density at radius 2 is 2.10 bits per heavy atom. The zero-order valence-electron chi connectivity index (χ0n) is 11.4. The molecule has 1 fully saturated rings. The van der Waals surface area contributed by atoms with Crippen LogP contribution in [0.5, 0.6) is 0 Å². The second-order valence-corrected chi connectivity index (χ2v) is 5.46. The number of rotatable bonds is 2. The minimum atomic E-state index is -0.452. The number of carbonyl (C=O) groups excluding carboxylic acids is 1. The molecule has 1 amide bonds. The Morgan fingerprint density at radius 3 is 2.75 bits per heavy atom. The molecule has 4 N–H and O–H groups in total. The molecule has 1 saturated heterocycles. The number of anilines is 1. The Morgan fingerprint density at radius 1 is 1.35 bits per heavy atom. The van der Waals surface area contributed by atoms with Crippen LogP contribution in [0, 0.1) is 5.92 Å². The number of benzene rings is 1. The van der Waals surface area contributed by atoms with Crippen molar-refractivity contribution in [1.82, 2.24) is 4.98 Å². The first kappa shape index (κ1) is 12.9. The van der Waals surface area contributed by atoms with Crippen LogP contribution in [0.4, 0.5) is 5.82 Å². The summed E-state index contributed by atoms with van der Waals surface area (Å²) in [6.45, 7) is 3.61. The first-order chi connectivity index (χ1) is 9.56. The summed E-state index contributed by atoms with van der Waals surface area (Å²) in [4.78, 5) is 18.4. The second-order valence-electron chi connectivity index (χ2n) is 5.46. The molecular weight excluding hydrogens is 252 g/mol. The Hall–Kier alpha value is -2.14. The summed E-state index contributed by atoms with van der Waals surface area (Å²) in [7, 11) is 0. The molecule has 5 heteroatoms. The molecule has 3 rings (SSSR count). The van der Waals surface area contributed by atoms with E-state index < -0.39 is 5.91 Å². The van der Waals surface area contributed by atoms with E-state index in [1.165, 1.54) is 0 Å². The van der Waals surface area contributed by atoms with E-state index in [0.717, 1.165) is 17.4 Å². The van der Waals surface area contributed by atoms with Gasteiger partial charge in [-0.15, -0.1) is 0 Å². The van der Waals surface area contributed by atoms with Gasteiger partial charge in [0.15, 0.2) is 0 Å². The van der Waals surface area contributed by atoms with Crippen LogP contribution < -0.4 is 16.4 Å². The van der Waals surface area contributed by atoms with Gasteiger partial charge in [-0.25, -0.2) is 4.98 Å². The van der Waals surface area contributed by atoms with Crippen molar-refractivity contribution in [3.05, 3.63) is 35.9 Å². The lowest BCUT2D eigenvalue weighted by Crippen LogP contribution is -2.30. The molecule has 2 aromatic rings. The van der Waals surface area contributed by atoms with Crippen molar-refractivity contribution in [3.63, 3.8) is 0 Å². The fraction of sp³-hybridized carbons (Fsp3) is 0.333. The van der Waals surface area contributed by atoms with E-state index in [4.69, 9.17) is 11.5 Å². The van der Waals surface area contributed by atoms with Crippen LogP contribution in [0.15, 0.2) is 30.3 Å². The Labute approximate surface area is 117 Å². The molecule has 0 saturated carbocycles. The van der Waals surface area contributed by atoms with E-state index in [9.17, 15) is 4.79 Å². The van der Waals surface area contributed by atoms with E-state index in [-0.39, 0.29) is 6.04 Å². The third kappa shape index (κ3) is 2.10. The van der Waals surface area contributed by atoms with Gasteiger partial charge in [-0.3, -0.25) is 4.79 Å². The zero-order chi connectivity index (χ0) is 14.3. The summed E-state index contributed by atoms with van der Waals surface area (Å²) in [5.41, 5.74) is 12.9. The Balaban J connectivity index is 2.13. The van der Waals surface area contributed by atoms with Crippen molar-refractivity contribution in [3.8, 4) is 0 Å². The van der Waals surface area contributed by atoms with Crippen molar-refractivity contribution >= 4 is 22.6 Å². The number of hydrogen-bond donors (Lipinski definition) is 2. The number of hydrogen-bond acceptors (Lipinski definition) is 4. The van der Waals surface area contributed by atoms with Crippen molar-refractivity contribution in [2.45, 2.75) is 13.0 Å². The Bertz CT molecular complexity index is 660. The second kappa shape index (κ2) is 4.76. The highest BCUT2D eigenvalue weighted by Crippen LogP contribution is 2.27. The molecule has 1 aromatic heterocycles. The predicted octanol–water partition coefficient (Wildman–Crippen LogP) is 1.12. The summed E-state index contributed by atoms with van der Waals surface area (Å²) in [5.74, 6) is 0.575. The monoisotopic (exact) mass is 270 g/mol. The zero-order valence-corrected chi connectivity index (χ0v) is 11.4. The van der Waals surface area contributed by atoms with E-state index in [1.54, 1.807) is 0 Å². The normalized spacial score (nSPS) is 22.4. The van der Waals surface area contributed by atoms with Crippen molar-refractivity contribution in [2.24, 2.45) is 17.4 Å². The SMILES string of the molecule is CC1CN(c2nc3ccccc3cc2C(N)=O)CC1N.